The van der Waals surface area contributed by atoms with Crippen LogP contribution in [0.1, 0.15) is 37.0 Å². The van der Waals surface area contributed by atoms with Gasteiger partial charge in [-0.05, 0) is 25.5 Å². The van der Waals surface area contributed by atoms with Gasteiger partial charge in [-0.1, -0.05) is 25.5 Å². The monoisotopic (exact) mass is 264 g/mol. The average molecular weight is 264 g/mol. The summed E-state index contributed by atoms with van der Waals surface area (Å²) in [7, 11) is 1.51. The zero-order chi connectivity index (χ0) is 14.3. The molecule has 4 heteroatoms. The fourth-order valence-corrected chi connectivity index (χ4v) is 1.92. The minimum atomic E-state index is -0.749. The lowest BCUT2D eigenvalue weighted by atomic mass is 9.93. The maximum absolute atomic E-state index is 12.4. The SMILES string of the molecule is CCCC(C(=O)OCC)C(=O)c1ccccc1OC. The Kier molecular flexibility index (Phi) is 6.06. The van der Waals surface area contributed by atoms with E-state index in [4.69, 9.17) is 9.47 Å². The third-order valence-corrected chi connectivity index (χ3v) is 2.84. The molecule has 0 fully saturated rings. The van der Waals surface area contributed by atoms with Crippen LogP contribution in [0, 0.1) is 5.92 Å². The minimum absolute atomic E-state index is 0.238. The highest BCUT2D eigenvalue weighted by molar-refractivity contribution is 6.10. The number of ketones is 1. The molecule has 0 aromatic heterocycles. The van der Waals surface area contributed by atoms with Crippen molar-refractivity contribution >= 4 is 11.8 Å². The Balaban J connectivity index is 3.02. The summed E-state index contributed by atoms with van der Waals surface area (Å²) in [5.41, 5.74) is 0.427. The lowest BCUT2D eigenvalue weighted by molar-refractivity contribution is -0.146. The third-order valence-electron chi connectivity index (χ3n) is 2.84. The minimum Gasteiger partial charge on any atom is -0.496 e. The van der Waals surface area contributed by atoms with Crippen LogP contribution in [0.15, 0.2) is 24.3 Å². The summed E-state index contributed by atoms with van der Waals surface area (Å²) in [6.45, 7) is 3.94. The van der Waals surface area contributed by atoms with Gasteiger partial charge in [0.1, 0.15) is 11.7 Å². The molecule has 0 amide bonds. The number of rotatable bonds is 7. The molecule has 0 radical (unpaired) electrons. The normalized spacial score (nSPS) is 11.7. The molecule has 4 nitrogen and oxygen atoms in total. The van der Waals surface area contributed by atoms with Crippen molar-refractivity contribution in [2.24, 2.45) is 5.92 Å². The molecule has 1 unspecified atom stereocenters. The van der Waals surface area contributed by atoms with Gasteiger partial charge in [0.05, 0.1) is 19.3 Å². The number of carbonyl (C=O) groups is 2. The molecule has 1 aromatic carbocycles. The number of carbonyl (C=O) groups excluding carboxylic acids is 2. The van der Waals surface area contributed by atoms with Crippen LogP contribution in [0.4, 0.5) is 0 Å². The Morgan fingerprint density at radius 3 is 2.47 bits per heavy atom. The third kappa shape index (κ3) is 3.81. The number of hydrogen-bond acceptors (Lipinski definition) is 4. The molecule has 104 valence electrons. The van der Waals surface area contributed by atoms with E-state index in [2.05, 4.69) is 0 Å². The fourth-order valence-electron chi connectivity index (χ4n) is 1.92. The van der Waals surface area contributed by atoms with Crippen LogP contribution in [0.25, 0.3) is 0 Å². The number of Topliss-reactive ketones (excluding diaryl/α,β-unsaturated/α-hetero) is 1. The van der Waals surface area contributed by atoms with Gasteiger partial charge in [-0.2, -0.15) is 0 Å². The van der Waals surface area contributed by atoms with Crippen LogP contribution in [-0.2, 0) is 9.53 Å². The molecular formula is C15H20O4. The molecule has 1 aromatic rings. The molecule has 0 aliphatic carbocycles. The standard InChI is InChI=1S/C15H20O4/c1-4-8-12(15(17)19-5-2)14(16)11-9-6-7-10-13(11)18-3/h6-7,9-10,12H,4-5,8H2,1-3H3. The van der Waals surface area contributed by atoms with Crippen molar-refractivity contribution in [3.8, 4) is 5.75 Å². The Labute approximate surface area is 113 Å². The Morgan fingerprint density at radius 2 is 1.89 bits per heavy atom. The summed E-state index contributed by atoms with van der Waals surface area (Å²) < 4.78 is 10.1. The molecule has 1 atom stereocenters. The largest absolute Gasteiger partial charge is 0.496 e. The second-order valence-corrected chi connectivity index (χ2v) is 4.16. The van der Waals surface area contributed by atoms with Crippen molar-refractivity contribution < 1.29 is 19.1 Å². The van der Waals surface area contributed by atoms with E-state index in [1.54, 1.807) is 31.2 Å². The van der Waals surface area contributed by atoms with Gasteiger partial charge in [0.15, 0.2) is 5.78 Å². The number of methoxy groups -OCH3 is 1. The Hall–Kier alpha value is -1.84. The van der Waals surface area contributed by atoms with Crippen LogP contribution >= 0.6 is 0 Å². The molecule has 0 spiro atoms. The molecule has 1 rings (SSSR count). The van der Waals surface area contributed by atoms with Gasteiger partial charge in [-0.15, -0.1) is 0 Å². The van der Waals surface area contributed by atoms with Gasteiger partial charge in [0, 0.05) is 0 Å². The second-order valence-electron chi connectivity index (χ2n) is 4.16. The molecular weight excluding hydrogens is 244 g/mol. The van der Waals surface area contributed by atoms with Gasteiger partial charge in [0.2, 0.25) is 0 Å². The number of esters is 1. The highest BCUT2D eigenvalue weighted by Crippen LogP contribution is 2.23. The maximum Gasteiger partial charge on any atom is 0.316 e. The van der Waals surface area contributed by atoms with Gasteiger partial charge < -0.3 is 9.47 Å². The summed E-state index contributed by atoms with van der Waals surface area (Å²) in [6.07, 6.45) is 1.22. The maximum atomic E-state index is 12.4. The van der Waals surface area contributed by atoms with Gasteiger partial charge in [-0.3, -0.25) is 9.59 Å². The quantitative estimate of drug-likeness (QED) is 0.431. The smallest absolute Gasteiger partial charge is 0.316 e. The summed E-state index contributed by atoms with van der Waals surface area (Å²) in [4.78, 5) is 24.3. The van der Waals surface area contributed by atoms with E-state index in [1.165, 1.54) is 7.11 Å². The van der Waals surface area contributed by atoms with E-state index in [1.807, 2.05) is 6.92 Å². The first-order valence-corrected chi connectivity index (χ1v) is 6.49. The summed E-state index contributed by atoms with van der Waals surface area (Å²) in [5, 5.41) is 0. The highest BCUT2D eigenvalue weighted by atomic mass is 16.5. The lowest BCUT2D eigenvalue weighted by Crippen LogP contribution is -2.26. The number of hydrogen-bond donors (Lipinski definition) is 0. The Morgan fingerprint density at radius 1 is 1.21 bits per heavy atom. The topological polar surface area (TPSA) is 52.6 Å². The van der Waals surface area contributed by atoms with E-state index in [-0.39, 0.29) is 12.4 Å². The first kappa shape index (κ1) is 15.2. The molecule has 19 heavy (non-hydrogen) atoms. The lowest BCUT2D eigenvalue weighted by Gasteiger charge is -2.15. The van der Waals surface area contributed by atoms with Crippen LogP contribution in [0.3, 0.4) is 0 Å². The van der Waals surface area contributed by atoms with E-state index < -0.39 is 11.9 Å². The highest BCUT2D eigenvalue weighted by Gasteiger charge is 2.29. The van der Waals surface area contributed by atoms with Crippen LogP contribution < -0.4 is 4.74 Å². The number of ether oxygens (including phenoxy) is 2. The van der Waals surface area contributed by atoms with Crippen molar-refractivity contribution in [2.45, 2.75) is 26.7 Å². The van der Waals surface area contributed by atoms with E-state index in [9.17, 15) is 9.59 Å². The van der Waals surface area contributed by atoms with E-state index in [0.29, 0.717) is 17.7 Å². The van der Waals surface area contributed by atoms with Crippen LogP contribution in [-0.4, -0.2) is 25.5 Å². The number of para-hydroxylation sites is 1. The van der Waals surface area contributed by atoms with Crippen molar-refractivity contribution in [1.82, 2.24) is 0 Å². The first-order valence-electron chi connectivity index (χ1n) is 6.49. The van der Waals surface area contributed by atoms with Crippen LogP contribution in [0.5, 0.6) is 5.75 Å². The molecule has 0 bridgehead atoms. The van der Waals surface area contributed by atoms with Crippen molar-refractivity contribution in [2.75, 3.05) is 13.7 Å². The zero-order valence-corrected chi connectivity index (χ0v) is 11.6. The zero-order valence-electron chi connectivity index (χ0n) is 11.6. The molecule has 0 saturated carbocycles. The van der Waals surface area contributed by atoms with Gasteiger partial charge >= 0.3 is 5.97 Å². The predicted octanol–water partition coefficient (Wildman–Crippen LogP) is 2.86. The Bertz CT molecular complexity index is 440. The second kappa shape index (κ2) is 7.56. The molecule has 0 aliphatic heterocycles. The van der Waals surface area contributed by atoms with Crippen molar-refractivity contribution in [1.29, 1.82) is 0 Å². The van der Waals surface area contributed by atoms with Crippen LogP contribution in [0.2, 0.25) is 0 Å². The van der Waals surface area contributed by atoms with E-state index in [0.717, 1.165) is 6.42 Å². The summed E-state index contributed by atoms with van der Waals surface area (Å²) in [6, 6.07) is 6.92. The predicted molar refractivity (Wildman–Crippen MR) is 72.4 cm³/mol. The van der Waals surface area contributed by atoms with Crippen molar-refractivity contribution in [3.05, 3.63) is 29.8 Å². The van der Waals surface area contributed by atoms with Gasteiger partial charge in [-0.25, -0.2) is 0 Å². The summed E-state index contributed by atoms with van der Waals surface area (Å²) in [5.74, 6) is -0.961. The molecule has 0 N–H and O–H groups in total. The summed E-state index contributed by atoms with van der Waals surface area (Å²) >= 11 is 0. The molecule has 0 aliphatic rings. The number of benzene rings is 1. The average Bonchev–Trinajstić information content (AvgIpc) is 2.44. The van der Waals surface area contributed by atoms with Crippen molar-refractivity contribution in [3.63, 3.8) is 0 Å². The molecule has 0 heterocycles. The van der Waals surface area contributed by atoms with Gasteiger partial charge in [0.25, 0.3) is 0 Å². The first-order chi connectivity index (χ1) is 9.15. The fraction of sp³-hybridized carbons (Fsp3) is 0.467. The molecule has 0 saturated heterocycles. The van der Waals surface area contributed by atoms with E-state index >= 15 is 0 Å².